The lowest BCUT2D eigenvalue weighted by Crippen LogP contribution is -2.38. The standard InChI is InChI=1S/C20H22FN5O4/c1-14(27)22-10-17-12-26(20(28)30-17)15-4-5-19(18(21)9-15)24-6-7-25(23-13-24)11-16-3-2-8-29-16/h2-5,8-9,13,17H,6-7,10-12H2,1H3,(H,22,27)/t17-/m0/s1. The zero-order chi connectivity index (χ0) is 21.1. The molecule has 1 saturated heterocycles. The number of anilines is 2. The highest BCUT2D eigenvalue weighted by Gasteiger charge is 2.33. The Bertz CT molecular complexity index is 949. The maximum Gasteiger partial charge on any atom is 0.414 e. The number of carbonyl (C=O) groups is 2. The van der Waals surface area contributed by atoms with Gasteiger partial charge in [-0.3, -0.25) is 14.7 Å². The van der Waals surface area contributed by atoms with Gasteiger partial charge in [0, 0.05) is 13.5 Å². The third-order valence-electron chi connectivity index (χ3n) is 4.88. The van der Waals surface area contributed by atoms with Gasteiger partial charge in [-0.2, -0.15) is 5.10 Å². The Morgan fingerprint density at radius 1 is 1.33 bits per heavy atom. The van der Waals surface area contributed by atoms with E-state index < -0.39 is 18.0 Å². The van der Waals surface area contributed by atoms with Crippen LogP contribution in [0.5, 0.6) is 0 Å². The molecule has 2 aliphatic rings. The van der Waals surface area contributed by atoms with Gasteiger partial charge in [0.15, 0.2) is 0 Å². The summed E-state index contributed by atoms with van der Waals surface area (Å²) in [5.74, 6) is 0.146. The van der Waals surface area contributed by atoms with Gasteiger partial charge in [0.2, 0.25) is 5.91 Å². The molecular formula is C20H22FN5O4. The molecule has 2 aliphatic heterocycles. The first-order valence-corrected chi connectivity index (χ1v) is 9.60. The van der Waals surface area contributed by atoms with Crippen LogP contribution in [0.15, 0.2) is 46.1 Å². The molecule has 1 atom stereocenters. The van der Waals surface area contributed by atoms with Crippen molar-refractivity contribution in [2.45, 2.75) is 19.6 Å². The summed E-state index contributed by atoms with van der Waals surface area (Å²) >= 11 is 0. The summed E-state index contributed by atoms with van der Waals surface area (Å²) in [5, 5.41) is 8.81. The Morgan fingerprint density at radius 2 is 2.20 bits per heavy atom. The van der Waals surface area contributed by atoms with Crippen molar-refractivity contribution in [2.24, 2.45) is 5.10 Å². The fourth-order valence-corrected chi connectivity index (χ4v) is 3.35. The Kier molecular flexibility index (Phi) is 5.55. The number of amides is 2. The van der Waals surface area contributed by atoms with Crippen molar-refractivity contribution in [1.82, 2.24) is 10.3 Å². The molecule has 1 fully saturated rings. The molecule has 30 heavy (non-hydrogen) atoms. The maximum absolute atomic E-state index is 14.8. The van der Waals surface area contributed by atoms with Gasteiger partial charge in [0.1, 0.15) is 24.0 Å². The average Bonchev–Trinajstić information content (AvgIpc) is 3.36. The summed E-state index contributed by atoms with van der Waals surface area (Å²) in [7, 11) is 0. The van der Waals surface area contributed by atoms with Crippen LogP contribution in [-0.2, 0) is 16.1 Å². The lowest BCUT2D eigenvalue weighted by Gasteiger charge is -2.30. The minimum absolute atomic E-state index is 0.203. The van der Waals surface area contributed by atoms with E-state index in [2.05, 4.69) is 10.4 Å². The normalized spacial score (nSPS) is 18.7. The number of benzene rings is 1. The Labute approximate surface area is 172 Å². The van der Waals surface area contributed by atoms with E-state index in [0.29, 0.717) is 31.0 Å². The fraction of sp³-hybridized carbons (Fsp3) is 0.350. The molecule has 0 radical (unpaired) electrons. The SMILES string of the molecule is CC(=O)NC[C@H]1CN(c2ccc(N3C=NN(Cc4ccco4)CC3)c(F)c2)C(=O)O1. The second-order valence-corrected chi connectivity index (χ2v) is 7.08. The highest BCUT2D eigenvalue weighted by atomic mass is 19.1. The Balaban J connectivity index is 1.40. The number of hydrogen-bond donors (Lipinski definition) is 1. The minimum atomic E-state index is -0.564. The van der Waals surface area contributed by atoms with E-state index in [0.717, 1.165) is 5.76 Å². The number of halogens is 1. The second kappa shape index (κ2) is 8.44. The summed E-state index contributed by atoms with van der Waals surface area (Å²) in [6, 6.07) is 8.30. The number of cyclic esters (lactones) is 1. The summed E-state index contributed by atoms with van der Waals surface area (Å²) in [6.45, 7) is 3.58. The predicted octanol–water partition coefficient (Wildman–Crippen LogP) is 2.15. The van der Waals surface area contributed by atoms with Gasteiger partial charge in [-0.1, -0.05) is 0 Å². The first-order chi connectivity index (χ1) is 14.5. The van der Waals surface area contributed by atoms with E-state index in [-0.39, 0.29) is 19.0 Å². The zero-order valence-corrected chi connectivity index (χ0v) is 16.5. The summed E-state index contributed by atoms with van der Waals surface area (Å²) in [4.78, 5) is 26.2. The van der Waals surface area contributed by atoms with Crippen molar-refractivity contribution in [3.63, 3.8) is 0 Å². The third kappa shape index (κ3) is 4.37. The van der Waals surface area contributed by atoms with Crippen molar-refractivity contribution in [3.8, 4) is 0 Å². The highest BCUT2D eigenvalue weighted by molar-refractivity contribution is 5.90. The van der Waals surface area contributed by atoms with Crippen LogP contribution in [0, 0.1) is 5.82 Å². The van der Waals surface area contributed by atoms with Gasteiger partial charge in [0.05, 0.1) is 43.8 Å². The molecular weight excluding hydrogens is 393 g/mol. The van der Waals surface area contributed by atoms with Crippen LogP contribution in [0.3, 0.4) is 0 Å². The number of rotatable bonds is 6. The van der Waals surface area contributed by atoms with Gasteiger partial charge in [-0.05, 0) is 30.3 Å². The number of hydrazone groups is 1. The molecule has 4 rings (SSSR count). The summed E-state index contributed by atoms with van der Waals surface area (Å²) < 4.78 is 25.3. The van der Waals surface area contributed by atoms with Crippen LogP contribution in [0.1, 0.15) is 12.7 Å². The van der Waals surface area contributed by atoms with Crippen molar-refractivity contribution in [3.05, 3.63) is 48.2 Å². The topological polar surface area (TPSA) is 90.6 Å². The van der Waals surface area contributed by atoms with Crippen LogP contribution in [0.2, 0.25) is 0 Å². The summed E-state index contributed by atoms with van der Waals surface area (Å²) in [6.07, 6.45) is 2.16. The van der Waals surface area contributed by atoms with Crippen molar-refractivity contribution >= 4 is 29.7 Å². The van der Waals surface area contributed by atoms with Crippen LogP contribution in [0.25, 0.3) is 0 Å². The van der Waals surface area contributed by atoms with E-state index >= 15 is 0 Å². The molecule has 9 nitrogen and oxygen atoms in total. The number of nitrogens with one attached hydrogen (secondary N) is 1. The van der Waals surface area contributed by atoms with E-state index in [1.165, 1.54) is 17.9 Å². The van der Waals surface area contributed by atoms with Gasteiger partial charge < -0.3 is 19.4 Å². The Hall–Kier alpha value is -3.56. The largest absolute Gasteiger partial charge is 0.467 e. The first-order valence-electron chi connectivity index (χ1n) is 9.60. The van der Waals surface area contributed by atoms with Gasteiger partial charge in [0.25, 0.3) is 0 Å². The molecule has 0 aliphatic carbocycles. The molecule has 1 aromatic heterocycles. The van der Waals surface area contributed by atoms with Crippen molar-refractivity contribution < 1.29 is 23.1 Å². The molecule has 0 unspecified atom stereocenters. The molecule has 0 spiro atoms. The van der Waals surface area contributed by atoms with Crippen LogP contribution in [0.4, 0.5) is 20.6 Å². The number of carbonyl (C=O) groups excluding carboxylic acids is 2. The molecule has 10 heteroatoms. The smallest absolute Gasteiger partial charge is 0.414 e. The minimum Gasteiger partial charge on any atom is -0.467 e. The van der Waals surface area contributed by atoms with Crippen LogP contribution < -0.4 is 15.1 Å². The van der Waals surface area contributed by atoms with Gasteiger partial charge in [-0.25, -0.2) is 9.18 Å². The first kappa shape index (κ1) is 19.7. The molecule has 1 N–H and O–H groups in total. The van der Waals surface area contributed by atoms with E-state index in [1.807, 2.05) is 17.1 Å². The lowest BCUT2D eigenvalue weighted by molar-refractivity contribution is -0.119. The van der Waals surface area contributed by atoms with Crippen LogP contribution in [-0.4, -0.2) is 55.6 Å². The molecule has 0 saturated carbocycles. The monoisotopic (exact) mass is 415 g/mol. The number of nitrogens with zero attached hydrogens (tertiary/aromatic N) is 4. The average molecular weight is 415 g/mol. The van der Waals surface area contributed by atoms with E-state index in [1.54, 1.807) is 29.6 Å². The van der Waals surface area contributed by atoms with Crippen molar-refractivity contribution in [1.29, 1.82) is 0 Å². The van der Waals surface area contributed by atoms with Crippen LogP contribution >= 0.6 is 0 Å². The molecule has 2 aromatic rings. The zero-order valence-electron chi connectivity index (χ0n) is 16.5. The second-order valence-electron chi connectivity index (χ2n) is 7.08. The molecule has 1 aromatic carbocycles. The third-order valence-corrected chi connectivity index (χ3v) is 4.88. The summed E-state index contributed by atoms with van der Waals surface area (Å²) in [5.41, 5.74) is 0.780. The quantitative estimate of drug-likeness (QED) is 0.778. The number of ether oxygens (including phenoxy) is 1. The fourth-order valence-electron chi connectivity index (χ4n) is 3.35. The van der Waals surface area contributed by atoms with Crippen molar-refractivity contribution in [2.75, 3.05) is 36.0 Å². The maximum atomic E-state index is 14.8. The van der Waals surface area contributed by atoms with Gasteiger partial charge >= 0.3 is 6.09 Å². The van der Waals surface area contributed by atoms with E-state index in [4.69, 9.17) is 9.15 Å². The van der Waals surface area contributed by atoms with E-state index in [9.17, 15) is 14.0 Å². The highest BCUT2D eigenvalue weighted by Crippen LogP contribution is 2.28. The lowest BCUT2D eigenvalue weighted by atomic mass is 10.2. The molecule has 2 amide bonds. The van der Waals surface area contributed by atoms with Gasteiger partial charge in [-0.15, -0.1) is 0 Å². The molecule has 158 valence electrons. The Morgan fingerprint density at radius 3 is 2.87 bits per heavy atom. The molecule has 0 bridgehead atoms. The predicted molar refractivity (Wildman–Crippen MR) is 108 cm³/mol. The number of furan rings is 1. The number of hydrogen-bond acceptors (Lipinski definition) is 7. The molecule has 3 heterocycles.